The predicted molar refractivity (Wildman–Crippen MR) is 91.6 cm³/mol. The number of nitrogens with zero attached hydrogens (tertiary/aromatic N) is 1. The molecule has 0 saturated carbocycles. The van der Waals surface area contributed by atoms with Gasteiger partial charge in [0.2, 0.25) is 0 Å². The Morgan fingerprint density at radius 1 is 1.17 bits per heavy atom. The Morgan fingerprint density at radius 3 is 2.26 bits per heavy atom. The minimum Gasteiger partial charge on any atom is -0.544 e. The van der Waals surface area contributed by atoms with Crippen molar-refractivity contribution >= 4 is 17.3 Å². The largest absolute Gasteiger partial charge is 0.544 e. The van der Waals surface area contributed by atoms with Crippen molar-refractivity contribution in [2.24, 2.45) is 0 Å². The third-order valence-corrected chi connectivity index (χ3v) is 5.03. The number of quaternary nitrogens is 1. The zero-order valence-corrected chi connectivity index (χ0v) is 14.8. The fraction of sp³-hybridized carbons (Fsp3) is 0.444. The molecule has 0 atom stereocenters. The van der Waals surface area contributed by atoms with Crippen molar-refractivity contribution in [3.8, 4) is 10.6 Å². The number of thiazole rings is 1. The van der Waals surface area contributed by atoms with Crippen LogP contribution >= 0.6 is 11.3 Å². The molecule has 0 aliphatic heterocycles. The van der Waals surface area contributed by atoms with Gasteiger partial charge in [0, 0.05) is 11.1 Å². The molecule has 1 aromatic carbocycles. The zero-order valence-electron chi connectivity index (χ0n) is 14.0. The molecule has 23 heavy (non-hydrogen) atoms. The average molecular weight is 332 g/mol. The highest BCUT2D eigenvalue weighted by Crippen LogP contribution is 2.27. The van der Waals surface area contributed by atoms with Crippen LogP contribution in [0, 0.1) is 6.92 Å². The molecular formula is C18H24N2O2S. The highest BCUT2D eigenvalue weighted by Gasteiger charge is 2.11. The van der Waals surface area contributed by atoms with Gasteiger partial charge in [-0.2, -0.15) is 0 Å². The molecule has 1 heterocycles. The lowest BCUT2D eigenvalue weighted by Crippen LogP contribution is -3.10. The molecule has 1 aromatic heterocycles. The lowest BCUT2D eigenvalue weighted by atomic mass is 10.1. The average Bonchev–Trinajstić information content (AvgIpc) is 2.91. The number of rotatable bonds is 8. The van der Waals surface area contributed by atoms with E-state index in [1.807, 2.05) is 12.1 Å². The Kier molecular flexibility index (Phi) is 6.30. The number of carbonyl (C=O) groups excluding carboxylic acids is 1. The van der Waals surface area contributed by atoms with Crippen LogP contribution in [-0.4, -0.2) is 24.0 Å². The molecule has 0 aliphatic carbocycles. The van der Waals surface area contributed by atoms with Crippen LogP contribution < -0.4 is 10.0 Å². The highest BCUT2D eigenvalue weighted by molar-refractivity contribution is 7.17. The Hall–Kier alpha value is -1.72. The van der Waals surface area contributed by atoms with E-state index >= 15 is 0 Å². The van der Waals surface area contributed by atoms with Crippen LogP contribution in [0.5, 0.6) is 0 Å². The van der Waals surface area contributed by atoms with Gasteiger partial charge in [0.15, 0.2) is 0 Å². The van der Waals surface area contributed by atoms with Gasteiger partial charge < -0.3 is 14.8 Å². The SMILES string of the molecule is CCC[NH+](CCC)Cc1ccc(-c2nc(C)c(C(=O)[O-])s2)cc1. The maximum Gasteiger partial charge on any atom is 0.124 e. The van der Waals surface area contributed by atoms with Gasteiger partial charge in [0.05, 0.1) is 29.6 Å². The summed E-state index contributed by atoms with van der Waals surface area (Å²) in [6.07, 6.45) is 2.38. The molecule has 0 aliphatic rings. The van der Waals surface area contributed by atoms with Crippen molar-refractivity contribution in [1.82, 2.24) is 4.98 Å². The van der Waals surface area contributed by atoms with Crippen molar-refractivity contribution in [3.05, 3.63) is 40.4 Å². The molecule has 0 fully saturated rings. The van der Waals surface area contributed by atoms with Crippen LogP contribution in [0.1, 0.15) is 47.6 Å². The van der Waals surface area contributed by atoms with E-state index in [9.17, 15) is 9.90 Å². The van der Waals surface area contributed by atoms with Crippen LogP contribution in [0.15, 0.2) is 24.3 Å². The first-order chi connectivity index (χ1) is 11.0. The highest BCUT2D eigenvalue weighted by atomic mass is 32.1. The Labute approximate surface area is 141 Å². The second-order valence-corrected chi connectivity index (χ2v) is 6.84. The number of benzene rings is 1. The first kappa shape index (κ1) is 17.6. The van der Waals surface area contributed by atoms with Gasteiger partial charge in [-0.1, -0.05) is 38.1 Å². The van der Waals surface area contributed by atoms with Gasteiger partial charge in [-0.3, -0.25) is 0 Å². The Bertz CT molecular complexity index is 644. The lowest BCUT2D eigenvalue weighted by molar-refractivity contribution is -0.914. The van der Waals surface area contributed by atoms with Crippen LogP contribution in [0.3, 0.4) is 0 Å². The molecule has 4 nitrogen and oxygen atoms in total. The van der Waals surface area contributed by atoms with Gasteiger partial charge in [-0.15, -0.1) is 11.3 Å². The van der Waals surface area contributed by atoms with Gasteiger partial charge in [0.1, 0.15) is 11.6 Å². The summed E-state index contributed by atoms with van der Waals surface area (Å²) in [6.45, 7) is 9.56. The monoisotopic (exact) mass is 332 g/mol. The van der Waals surface area contributed by atoms with Crippen LogP contribution in [-0.2, 0) is 6.54 Å². The smallest absolute Gasteiger partial charge is 0.124 e. The van der Waals surface area contributed by atoms with Crippen molar-refractivity contribution in [3.63, 3.8) is 0 Å². The third kappa shape index (κ3) is 4.62. The van der Waals surface area contributed by atoms with E-state index in [0.29, 0.717) is 5.69 Å². The summed E-state index contributed by atoms with van der Waals surface area (Å²) in [5.74, 6) is -1.15. The topological polar surface area (TPSA) is 57.5 Å². The number of carboxylic acids is 1. The minimum atomic E-state index is -1.15. The molecule has 0 radical (unpaired) electrons. The van der Waals surface area contributed by atoms with E-state index in [-0.39, 0.29) is 4.88 Å². The second kappa shape index (κ2) is 8.22. The molecule has 1 N–H and O–H groups in total. The minimum absolute atomic E-state index is 0.214. The lowest BCUT2D eigenvalue weighted by Gasteiger charge is -2.18. The number of carboxylic acid groups (broad SMARTS) is 1. The molecule has 124 valence electrons. The number of hydrogen-bond acceptors (Lipinski definition) is 4. The second-order valence-electron chi connectivity index (χ2n) is 5.84. The van der Waals surface area contributed by atoms with Crippen molar-refractivity contribution < 1.29 is 14.8 Å². The zero-order chi connectivity index (χ0) is 16.8. The quantitative estimate of drug-likeness (QED) is 0.800. The summed E-state index contributed by atoms with van der Waals surface area (Å²) in [4.78, 5) is 17.2. The maximum absolute atomic E-state index is 11.0. The first-order valence-corrected chi connectivity index (χ1v) is 8.98. The van der Waals surface area contributed by atoms with E-state index < -0.39 is 5.97 Å². The molecule has 2 rings (SSSR count). The van der Waals surface area contributed by atoms with E-state index in [2.05, 4.69) is 31.0 Å². The molecule has 0 unspecified atom stereocenters. The number of aryl methyl sites for hydroxylation is 1. The van der Waals surface area contributed by atoms with E-state index in [0.717, 1.165) is 17.1 Å². The maximum atomic E-state index is 11.0. The standard InChI is InChI=1S/C18H24N2O2S/c1-4-10-20(11-5-2)12-14-6-8-15(9-7-14)17-19-13(3)16(23-17)18(21)22/h6-9H,4-5,10-12H2,1-3H3,(H,21,22). The first-order valence-electron chi connectivity index (χ1n) is 8.16. The molecule has 0 spiro atoms. The molecular weight excluding hydrogens is 308 g/mol. The number of aromatic carboxylic acids is 1. The fourth-order valence-electron chi connectivity index (χ4n) is 2.77. The van der Waals surface area contributed by atoms with Crippen LogP contribution in [0.25, 0.3) is 10.6 Å². The van der Waals surface area contributed by atoms with Gasteiger partial charge in [-0.05, 0) is 19.8 Å². The number of carbonyl (C=O) groups is 1. The van der Waals surface area contributed by atoms with Crippen LogP contribution in [0.2, 0.25) is 0 Å². The summed E-state index contributed by atoms with van der Waals surface area (Å²) in [6, 6.07) is 8.30. The molecule has 0 amide bonds. The number of hydrogen-bond donors (Lipinski definition) is 1. The Balaban J connectivity index is 2.12. The van der Waals surface area contributed by atoms with E-state index in [4.69, 9.17) is 0 Å². The third-order valence-electron chi connectivity index (χ3n) is 3.84. The van der Waals surface area contributed by atoms with Gasteiger partial charge in [-0.25, -0.2) is 4.98 Å². The molecule has 5 heteroatoms. The number of nitrogens with one attached hydrogen (secondary N) is 1. The van der Waals surface area contributed by atoms with Gasteiger partial charge >= 0.3 is 0 Å². The predicted octanol–water partition coefficient (Wildman–Crippen LogP) is 1.69. The summed E-state index contributed by atoms with van der Waals surface area (Å²) in [5.41, 5.74) is 2.79. The van der Waals surface area contributed by atoms with E-state index in [1.165, 1.54) is 42.8 Å². The fourth-order valence-corrected chi connectivity index (χ4v) is 3.68. The van der Waals surface area contributed by atoms with Crippen LogP contribution in [0.4, 0.5) is 0 Å². The molecule has 2 aromatic rings. The molecule has 0 bridgehead atoms. The summed E-state index contributed by atoms with van der Waals surface area (Å²) in [7, 11) is 0. The summed E-state index contributed by atoms with van der Waals surface area (Å²) >= 11 is 1.18. The Morgan fingerprint density at radius 2 is 1.78 bits per heavy atom. The molecule has 0 saturated heterocycles. The summed E-state index contributed by atoms with van der Waals surface area (Å²) in [5, 5.41) is 11.8. The van der Waals surface area contributed by atoms with Crippen molar-refractivity contribution in [2.45, 2.75) is 40.2 Å². The van der Waals surface area contributed by atoms with Crippen molar-refractivity contribution in [1.29, 1.82) is 0 Å². The summed E-state index contributed by atoms with van der Waals surface area (Å²) < 4.78 is 0. The van der Waals surface area contributed by atoms with Crippen molar-refractivity contribution in [2.75, 3.05) is 13.1 Å². The van der Waals surface area contributed by atoms with Gasteiger partial charge in [0.25, 0.3) is 0 Å². The van der Waals surface area contributed by atoms with E-state index in [1.54, 1.807) is 11.8 Å². The normalized spacial score (nSPS) is 11.1. The number of aromatic nitrogens is 1.